The van der Waals surface area contributed by atoms with E-state index < -0.39 is 0 Å². The number of aryl methyl sites for hydroxylation is 1. The Morgan fingerprint density at radius 3 is 2.72 bits per heavy atom. The highest BCUT2D eigenvalue weighted by atomic mass is 79.9. The molecule has 4 heteroatoms. The number of nitrogen functional groups attached to an aromatic ring is 1. The lowest BCUT2D eigenvalue weighted by atomic mass is 10.1. The van der Waals surface area contributed by atoms with Crippen LogP contribution in [-0.2, 0) is 0 Å². The molecule has 0 aliphatic heterocycles. The molecule has 0 aromatic heterocycles. The molecule has 3 nitrogen and oxygen atoms in total. The van der Waals surface area contributed by atoms with Gasteiger partial charge in [0.25, 0.3) is 0 Å². The van der Waals surface area contributed by atoms with E-state index in [-0.39, 0.29) is 0 Å². The topological polar surface area (TPSA) is 61.8 Å². The van der Waals surface area contributed by atoms with Crippen LogP contribution in [0.4, 0.5) is 17.1 Å². The Kier molecular flexibility index (Phi) is 3.54. The lowest BCUT2D eigenvalue weighted by Gasteiger charge is -2.13. The number of para-hydroxylation sites is 1. The fraction of sp³-hybridized carbons (Fsp3) is 0.0714. The molecule has 0 aliphatic carbocycles. The van der Waals surface area contributed by atoms with Crippen LogP contribution in [0.15, 0.2) is 40.9 Å². The first kappa shape index (κ1) is 12.5. The smallest absolute Gasteiger partial charge is 0.101 e. The van der Waals surface area contributed by atoms with Gasteiger partial charge in [0.05, 0.1) is 22.6 Å². The van der Waals surface area contributed by atoms with Gasteiger partial charge in [0.15, 0.2) is 0 Å². The number of nitrogens with zero attached hydrogens (tertiary/aromatic N) is 1. The third-order valence-corrected chi connectivity index (χ3v) is 3.16. The maximum Gasteiger partial charge on any atom is 0.101 e. The summed E-state index contributed by atoms with van der Waals surface area (Å²) in [6, 6.07) is 13.3. The van der Waals surface area contributed by atoms with E-state index in [1.54, 1.807) is 6.07 Å². The largest absolute Gasteiger partial charge is 0.397 e. The van der Waals surface area contributed by atoms with Crippen molar-refractivity contribution in [2.75, 3.05) is 11.1 Å². The molecule has 0 saturated heterocycles. The standard InChI is InChI=1S/C14H12BrN3/c1-9-3-2-4-12(17)14(9)18-13-7-11(15)6-5-10(13)8-16/h2-7,18H,17H2,1H3. The van der Waals surface area contributed by atoms with Gasteiger partial charge in [-0.1, -0.05) is 28.1 Å². The van der Waals surface area contributed by atoms with Crippen molar-refractivity contribution in [1.29, 1.82) is 5.26 Å². The van der Waals surface area contributed by atoms with Gasteiger partial charge in [-0.2, -0.15) is 5.26 Å². The third kappa shape index (κ3) is 2.47. The number of hydrogen-bond acceptors (Lipinski definition) is 3. The van der Waals surface area contributed by atoms with E-state index in [2.05, 4.69) is 27.3 Å². The molecule has 0 heterocycles. The normalized spacial score (nSPS) is 9.83. The van der Waals surface area contributed by atoms with E-state index in [1.807, 2.05) is 37.3 Å². The van der Waals surface area contributed by atoms with Gasteiger partial charge in [-0.15, -0.1) is 0 Å². The molecule has 0 unspecified atom stereocenters. The van der Waals surface area contributed by atoms with Crippen LogP contribution in [-0.4, -0.2) is 0 Å². The maximum absolute atomic E-state index is 9.09. The first-order valence-corrected chi connectivity index (χ1v) is 6.23. The Morgan fingerprint density at radius 2 is 2.06 bits per heavy atom. The lowest BCUT2D eigenvalue weighted by Crippen LogP contribution is -2.00. The predicted octanol–water partition coefficient (Wildman–Crippen LogP) is 3.96. The van der Waals surface area contributed by atoms with E-state index in [4.69, 9.17) is 11.0 Å². The Labute approximate surface area is 114 Å². The Hall–Kier alpha value is -1.99. The first-order valence-electron chi connectivity index (χ1n) is 5.43. The summed E-state index contributed by atoms with van der Waals surface area (Å²) in [6.07, 6.45) is 0. The zero-order chi connectivity index (χ0) is 13.1. The van der Waals surface area contributed by atoms with Gasteiger partial charge in [-0.05, 0) is 36.8 Å². The number of halogens is 1. The van der Waals surface area contributed by atoms with E-state index >= 15 is 0 Å². The second kappa shape index (κ2) is 5.11. The minimum absolute atomic E-state index is 0.584. The molecule has 2 rings (SSSR count). The number of rotatable bonds is 2. The van der Waals surface area contributed by atoms with Crippen LogP contribution in [0, 0.1) is 18.3 Å². The minimum atomic E-state index is 0.584. The van der Waals surface area contributed by atoms with Crippen molar-refractivity contribution in [3.8, 4) is 6.07 Å². The van der Waals surface area contributed by atoms with Crippen LogP contribution >= 0.6 is 15.9 Å². The summed E-state index contributed by atoms with van der Waals surface area (Å²) in [5.41, 5.74) is 9.82. The summed E-state index contributed by atoms with van der Waals surface area (Å²) in [6.45, 7) is 1.97. The fourth-order valence-electron chi connectivity index (χ4n) is 1.71. The summed E-state index contributed by atoms with van der Waals surface area (Å²) >= 11 is 3.40. The zero-order valence-electron chi connectivity index (χ0n) is 9.87. The van der Waals surface area contributed by atoms with Crippen molar-refractivity contribution in [3.63, 3.8) is 0 Å². The molecule has 0 spiro atoms. The van der Waals surface area contributed by atoms with Crippen LogP contribution < -0.4 is 11.1 Å². The van der Waals surface area contributed by atoms with Crippen LogP contribution in [0.3, 0.4) is 0 Å². The summed E-state index contributed by atoms with van der Waals surface area (Å²) in [5, 5.41) is 12.3. The van der Waals surface area contributed by atoms with Crippen molar-refractivity contribution in [3.05, 3.63) is 52.0 Å². The molecule has 0 saturated carbocycles. The van der Waals surface area contributed by atoms with Gasteiger partial charge >= 0.3 is 0 Å². The predicted molar refractivity (Wildman–Crippen MR) is 77.7 cm³/mol. The average molecular weight is 302 g/mol. The Morgan fingerprint density at radius 1 is 1.28 bits per heavy atom. The number of nitrogens with one attached hydrogen (secondary N) is 1. The molecule has 0 fully saturated rings. The molecule has 2 aromatic carbocycles. The maximum atomic E-state index is 9.09. The number of anilines is 3. The molecule has 3 N–H and O–H groups in total. The van der Waals surface area contributed by atoms with Crippen LogP contribution in [0.5, 0.6) is 0 Å². The van der Waals surface area contributed by atoms with E-state index in [0.717, 1.165) is 21.4 Å². The van der Waals surface area contributed by atoms with Crippen LogP contribution in [0.1, 0.15) is 11.1 Å². The molecule has 2 aromatic rings. The van der Waals surface area contributed by atoms with Gasteiger partial charge in [0.1, 0.15) is 6.07 Å². The SMILES string of the molecule is Cc1cccc(N)c1Nc1cc(Br)ccc1C#N. The number of hydrogen-bond donors (Lipinski definition) is 2. The average Bonchev–Trinajstić information content (AvgIpc) is 2.34. The van der Waals surface area contributed by atoms with E-state index in [0.29, 0.717) is 11.3 Å². The summed E-state index contributed by atoms with van der Waals surface area (Å²) < 4.78 is 0.913. The molecule has 90 valence electrons. The monoisotopic (exact) mass is 301 g/mol. The Balaban J connectivity index is 2.46. The van der Waals surface area contributed by atoms with Crippen molar-refractivity contribution in [1.82, 2.24) is 0 Å². The first-order chi connectivity index (χ1) is 8.61. The summed E-state index contributed by atoms with van der Waals surface area (Å²) in [4.78, 5) is 0. The molecule has 0 bridgehead atoms. The van der Waals surface area contributed by atoms with Crippen molar-refractivity contribution in [2.45, 2.75) is 6.92 Å². The molecule has 0 aliphatic rings. The zero-order valence-corrected chi connectivity index (χ0v) is 11.5. The summed E-state index contributed by atoms with van der Waals surface area (Å²) in [5.74, 6) is 0. The highest BCUT2D eigenvalue weighted by molar-refractivity contribution is 9.10. The molecule has 0 radical (unpaired) electrons. The van der Waals surface area contributed by atoms with E-state index in [9.17, 15) is 0 Å². The molecular formula is C14H12BrN3. The highest BCUT2D eigenvalue weighted by Gasteiger charge is 2.07. The Bertz CT molecular complexity index is 609. The van der Waals surface area contributed by atoms with Gasteiger partial charge in [0.2, 0.25) is 0 Å². The van der Waals surface area contributed by atoms with Gasteiger partial charge in [-0.25, -0.2) is 0 Å². The highest BCUT2D eigenvalue weighted by Crippen LogP contribution is 2.29. The molecule has 18 heavy (non-hydrogen) atoms. The second-order valence-electron chi connectivity index (χ2n) is 3.97. The van der Waals surface area contributed by atoms with Crippen LogP contribution in [0.25, 0.3) is 0 Å². The molecule has 0 atom stereocenters. The fourth-order valence-corrected chi connectivity index (χ4v) is 2.07. The molecular weight excluding hydrogens is 290 g/mol. The second-order valence-corrected chi connectivity index (χ2v) is 4.88. The summed E-state index contributed by atoms with van der Waals surface area (Å²) in [7, 11) is 0. The van der Waals surface area contributed by atoms with Crippen molar-refractivity contribution >= 4 is 33.0 Å². The number of nitriles is 1. The number of benzene rings is 2. The quantitative estimate of drug-likeness (QED) is 0.826. The van der Waals surface area contributed by atoms with Crippen molar-refractivity contribution < 1.29 is 0 Å². The third-order valence-electron chi connectivity index (χ3n) is 2.67. The van der Waals surface area contributed by atoms with E-state index in [1.165, 1.54) is 0 Å². The van der Waals surface area contributed by atoms with Gasteiger partial charge in [0, 0.05) is 4.47 Å². The lowest BCUT2D eigenvalue weighted by molar-refractivity contribution is 1.41. The van der Waals surface area contributed by atoms with Gasteiger partial charge < -0.3 is 11.1 Å². The number of nitrogens with two attached hydrogens (primary N) is 1. The van der Waals surface area contributed by atoms with Crippen LogP contribution in [0.2, 0.25) is 0 Å². The van der Waals surface area contributed by atoms with Gasteiger partial charge in [-0.3, -0.25) is 0 Å². The minimum Gasteiger partial charge on any atom is -0.397 e. The molecule has 0 amide bonds. The van der Waals surface area contributed by atoms with Crippen molar-refractivity contribution in [2.24, 2.45) is 0 Å².